The molecule has 0 aliphatic carbocycles. The van der Waals surface area contributed by atoms with Gasteiger partial charge in [0.1, 0.15) is 0 Å². The van der Waals surface area contributed by atoms with Crippen molar-refractivity contribution in [1.82, 2.24) is 5.32 Å². The standard InChI is InChI=1S/C12H16BrNO/c1-8-4-5-9(2)11(6-8)10(3)14-12(15)7-13/h4-6,10H,7H2,1-3H3,(H,14,15)/t10-/m0/s1. The van der Waals surface area contributed by atoms with Crippen LogP contribution in [0.2, 0.25) is 0 Å². The molecule has 1 atom stereocenters. The summed E-state index contributed by atoms with van der Waals surface area (Å²) in [5, 5.41) is 3.28. The Morgan fingerprint density at radius 3 is 2.73 bits per heavy atom. The number of nitrogens with one attached hydrogen (secondary N) is 1. The summed E-state index contributed by atoms with van der Waals surface area (Å²) in [5.41, 5.74) is 3.61. The number of benzene rings is 1. The third-order valence-corrected chi connectivity index (χ3v) is 2.91. The van der Waals surface area contributed by atoms with Gasteiger partial charge in [-0.05, 0) is 31.9 Å². The molecule has 0 unspecified atom stereocenters. The van der Waals surface area contributed by atoms with Gasteiger partial charge in [0.05, 0.1) is 11.4 Å². The van der Waals surface area contributed by atoms with Crippen molar-refractivity contribution >= 4 is 21.8 Å². The first-order valence-corrected chi connectivity index (χ1v) is 6.09. The summed E-state index contributed by atoms with van der Waals surface area (Å²) < 4.78 is 0. The third-order valence-electron chi connectivity index (χ3n) is 2.40. The summed E-state index contributed by atoms with van der Waals surface area (Å²) in [5.74, 6) is 0.0170. The second kappa shape index (κ2) is 5.31. The Balaban J connectivity index is 2.85. The highest BCUT2D eigenvalue weighted by atomic mass is 79.9. The van der Waals surface area contributed by atoms with E-state index in [1.165, 1.54) is 16.7 Å². The molecule has 0 saturated heterocycles. The fourth-order valence-corrected chi connectivity index (χ4v) is 1.75. The second-order valence-corrected chi connectivity index (χ2v) is 4.34. The van der Waals surface area contributed by atoms with Crippen LogP contribution in [0.1, 0.15) is 29.7 Å². The van der Waals surface area contributed by atoms with Gasteiger partial charge >= 0.3 is 0 Å². The van der Waals surface area contributed by atoms with E-state index in [0.717, 1.165) is 0 Å². The van der Waals surface area contributed by atoms with Gasteiger partial charge in [-0.2, -0.15) is 0 Å². The lowest BCUT2D eigenvalue weighted by molar-refractivity contribution is -0.119. The second-order valence-electron chi connectivity index (χ2n) is 3.78. The van der Waals surface area contributed by atoms with Crippen molar-refractivity contribution in [2.75, 3.05) is 5.33 Å². The molecule has 0 aromatic heterocycles. The summed E-state index contributed by atoms with van der Waals surface area (Å²) >= 11 is 3.14. The highest BCUT2D eigenvalue weighted by Gasteiger charge is 2.10. The minimum atomic E-state index is 0.0170. The molecule has 1 aromatic carbocycles. The van der Waals surface area contributed by atoms with Crippen LogP contribution in [0.25, 0.3) is 0 Å². The maximum Gasteiger partial charge on any atom is 0.231 e. The number of rotatable bonds is 3. The van der Waals surface area contributed by atoms with Gasteiger partial charge in [0, 0.05) is 0 Å². The van der Waals surface area contributed by atoms with E-state index in [9.17, 15) is 4.79 Å². The van der Waals surface area contributed by atoms with E-state index in [1.807, 2.05) is 6.92 Å². The maximum atomic E-state index is 11.2. The van der Waals surface area contributed by atoms with Crippen molar-refractivity contribution in [3.8, 4) is 0 Å². The first kappa shape index (κ1) is 12.2. The summed E-state index contributed by atoms with van der Waals surface area (Å²) in [6, 6.07) is 6.35. The van der Waals surface area contributed by atoms with Crippen molar-refractivity contribution < 1.29 is 4.79 Å². The molecule has 82 valence electrons. The quantitative estimate of drug-likeness (QED) is 0.841. The van der Waals surface area contributed by atoms with E-state index in [0.29, 0.717) is 5.33 Å². The molecule has 0 aliphatic rings. The number of amides is 1. The van der Waals surface area contributed by atoms with Gasteiger partial charge in [-0.3, -0.25) is 4.79 Å². The number of halogens is 1. The molecule has 0 fully saturated rings. The smallest absolute Gasteiger partial charge is 0.231 e. The van der Waals surface area contributed by atoms with Crippen LogP contribution in [0.4, 0.5) is 0 Å². The highest BCUT2D eigenvalue weighted by Crippen LogP contribution is 2.18. The lowest BCUT2D eigenvalue weighted by atomic mass is 10.00. The van der Waals surface area contributed by atoms with Crippen molar-refractivity contribution in [3.63, 3.8) is 0 Å². The lowest BCUT2D eigenvalue weighted by Gasteiger charge is -2.16. The van der Waals surface area contributed by atoms with Crippen LogP contribution < -0.4 is 5.32 Å². The van der Waals surface area contributed by atoms with Gasteiger partial charge in [-0.1, -0.05) is 39.7 Å². The minimum Gasteiger partial charge on any atom is -0.349 e. The Bertz CT molecular complexity index is 363. The number of carbonyl (C=O) groups excluding carboxylic acids is 1. The molecule has 1 amide bonds. The Kier molecular flexibility index (Phi) is 4.33. The fraction of sp³-hybridized carbons (Fsp3) is 0.417. The number of hydrogen-bond donors (Lipinski definition) is 1. The van der Waals surface area contributed by atoms with Crippen molar-refractivity contribution in [3.05, 3.63) is 34.9 Å². The zero-order valence-corrected chi connectivity index (χ0v) is 10.9. The van der Waals surface area contributed by atoms with Crippen LogP contribution in [0.15, 0.2) is 18.2 Å². The van der Waals surface area contributed by atoms with Crippen LogP contribution in [0.3, 0.4) is 0 Å². The van der Waals surface area contributed by atoms with Crippen LogP contribution in [0.5, 0.6) is 0 Å². The minimum absolute atomic E-state index is 0.0170. The molecule has 1 N–H and O–H groups in total. The van der Waals surface area contributed by atoms with E-state index >= 15 is 0 Å². The average molecular weight is 270 g/mol. The summed E-state index contributed by atoms with van der Waals surface area (Å²) in [6.07, 6.45) is 0. The molecule has 0 radical (unpaired) electrons. The van der Waals surface area contributed by atoms with Gasteiger partial charge in [-0.25, -0.2) is 0 Å². The largest absolute Gasteiger partial charge is 0.349 e. The molecule has 2 nitrogen and oxygen atoms in total. The van der Waals surface area contributed by atoms with E-state index in [1.54, 1.807) is 0 Å². The number of alkyl halides is 1. The van der Waals surface area contributed by atoms with Crippen LogP contribution in [0, 0.1) is 13.8 Å². The van der Waals surface area contributed by atoms with Crippen LogP contribution in [-0.4, -0.2) is 11.2 Å². The Morgan fingerprint density at radius 1 is 1.47 bits per heavy atom. The normalized spacial score (nSPS) is 12.3. The molecular formula is C12H16BrNO. The lowest BCUT2D eigenvalue weighted by Crippen LogP contribution is -2.27. The molecule has 0 heterocycles. The summed E-state index contributed by atoms with van der Waals surface area (Å²) in [7, 11) is 0. The average Bonchev–Trinajstić information content (AvgIpc) is 2.21. The maximum absolute atomic E-state index is 11.2. The van der Waals surface area contributed by atoms with E-state index < -0.39 is 0 Å². The third kappa shape index (κ3) is 3.34. The van der Waals surface area contributed by atoms with Gasteiger partial charge in [0.25, 0.3) is 0 Å². The molecule has 1 rings (SSSR count). The molecule has 1 aromatic rings. The van der Waals surface area contributed by atoms with Crippen LogP contribution >= 0.6 is 15.9 Å². The zero-order chi connectivity index (χ0) is 11.4. The molecule has 0 aliphatic heterocycles. The molecular weight excluding hydrogens is 254 g/mol. The first-order chi connectivity index (χ1) is 7.04. The van der Waals surface area contributed by atoms with E-state index in [4.69, 9.17) is 0 Å². The van der Waals surface area contributed by atoms with Gasteiger partial charge < -0.3 is 5.32 Å². The van der Waals surface area contributed by atoms with Crippen molar-refractivity contribution in [1.29, 1.82) is 0 Å². The highest BCUT2D eigenvalue weighted by molar-refractivity contribution is 9.09. The molecule has 0 saturated carbocycles. The van der Waals surface area contributed by atoms with E-state index in [-0.39, 0.29) is 11.9 Å². The van der Waals surface area contributed by atoms with Crippen molar-refractivity contribution in [2.45, 2.75) is 26.8 Å². The predicted molar refractivity (Wildman–Crippen MR) is 66.3 cm³/mol. The van der Waals surface area contributed by atoms with E-state index in [2.05, 4.69) is 53.3 Å². The SMILES string of the molecule is Cc1ccc(C)c([C@H](C)NC(=O)CBr)c1. The number of aryl methyl sites for hydroxylation is 2. The fourth-order valence-electron chi connectivity index (χ4n) is 1.58. The Morgan fingerprint density at radius 2 is 2.13 bits per heavy atom. The molecule has 0 spiro atoms. The molecule has 0 bridgehead atoms. The summed E-state index contributed by atoms with van der Waals surface area (Å²) in [4.78, 5) is 11.2. The topological polar surface area (TPSA) is 29.1 Å². The van der Waals surface area contributed by atoms with Crippen LogP contribution in [-0.2, 0) is 4.79 Å². The Labute approximate surface area is 99.2 Å². The van der Waals surface area contributed by atoms with Gasteiger partial charge in [0.2, 0.25) is 5.91 Å². The zero-order valence-electron chi connectivity index (χ0n) is 9.30. The van der Waals surface area contributed by atoms with Gasteiger partial charge in [-0.15, -0.1) is 0 Å². The molecule has 3 heteroatoms. The predicted octanol–water partition coefficient (Wildman–Crippen LogP) is 2.88. The summed E-state index contributed by atoms with van der Waals surface area (Å²) in [6.45, 7) is 6.12. The monoisotopic (exact) mass is 269 g/mol. The Hall–Kier alpha value is -0.830. The molecule has 15 heavy (non-hydrogen) atoms. The first-order valence-electron chi connectivity index (χ1n) is 4.97. The van der Waals surface area contributed by atoms with Gasteiger partial charge in [0.15, 0.2) is 0 Å². The number of hydrogen-bond acceptors (Lipinski definition) is 1. The van der Waals surface area contributed by atoms with Crippen molar-refractivity contribution in [2.24, 2.45) is 0 Å². The number of carbonyl (C=O) groups is 1.